The number of aliphatic carboxylic acids is 1. The topological polar surface area (TPSA) is 53.1 Å². The van der Waals surface area contributed by atoms with E-state index < -0.39 is 18.6 Å². The number of carbonyl (C=O) groups is 1. The second kappa shape index (κ2) is 17.8. The van der Waals surface area contributed by atoms with Crippen LogP contribution in [-0.2, 0) is 17.6 Å². The van der Waals surface area contributed by atoms with Crippen molar-refractivity contribution in [2.75, 3.05) is 0 Å². The number of hydrogen-bond donors (Lipinski definition) is 2. The van der Waals surface area contributed by atoms with Gasteiger partial charge in [0.2, 0.25) is 0 Å². The number of thiazole rings is 1. The van der Waals surface area contributed by atoms with E-state index in [0.29, 0.717) is 6.42 Å². The van der Waals surface area contributed by atoms with Crippen molar-refractivity contribution in [1.29, 1.82) is 0 Å². The Morgan fingerprint density at radius 2 is 1.30 bits per heavy atom. The molecule has 1 aromatic heterocycles. The van der Waals surface area contributed by atoms with E-state index >= 15 is 0 Å². The van der Waals surface area contributed by atoms with Crippen LogP contribution in [0, 0.1) is 3.95 Å². The molecule has 0 atom stereocenters. The van der Waals surface area contributed by atoms with Crippen molar-refractivity contribution in [3.8, 4) is 11.3 Å². The van der Waals surface area contributed by atoms with Crippen molar-refractivity contribution in [2.45, 2.75) is 122 Å². The number of alkyl halides is 3. The number of aromatic nitrogens is 1. The third kappa shape index (κ3) is 14.7. The van der Waals surface area contributed by atoms with Crippen LogP contribution >= 0.6 is 23.6 Å². The van der Waals surface area contributed by atoms with Crippen molar-refractivity contribution < 1.29 is 23.1 Å². The molecular weight excluding hydrogens is 515 g/mol. The van der Waals surface area contributed by atoms with Gasteiger partial charge in [0.05, 0.1) is 5.69 Å². The second-order valence-electron chi connectivity index (χ2n) is 9.97. The lowest BCUT2D eigenvalue weighted by atomic mass is 10.0. The zero-order chi connectivity index (χ0) is 26.9. The molecule has 0 aliphatic heterocycles. The van der Waals surface area contributed by atoms with Gasteiger partial charge in [0.15, 0.2) is 3.95 Å². The monoisotopic (exact) mass is 557 g/mol. The Kier molecular flexibility index (Phi) is 15.1. The van der Waals surface area contributed by atoms with E-state index in [9.17, 15) is 18.0 Å². The summed E-state index contributed by atoms with van der Waals surface area (Å²) in [7, 11) is 0. The van der Waals surface area contributed by atoms with E-state index in [1.54, 1.807) is 11.3 Å². The SMILES string of the molecule is O=C(O)CCCCCCCCCc1sc(=S)[nH]c1-c1ccc(CCCCCCCCCC(F)(F)F)cc1. The number of unbranched alkanes of at least 4 members (excludes halogenated alkanes) is 12. The zero-order valence-electron chi connectivity index (χ0n) is 21.8. The summed E-state index contributed by atoms with van der Waals surface area (Å²) in [6.45, 7) is 0. The average molecular weight is 558 g/mol. The molecule has 2 aromatic rings. The Morgan fingerprint density at radius 1 is 0.784 bits per heavy atom. The molecule has 0 radical (unpaired) electrons. The molecular formula is C29H42F3NO2S2. The van der Waals surface area contributed by atoms with Crippen molar-refractivity contribution in [3.63, 3.8) is 0 Å². The maximum atomic E-state index is 12.1. The number of carboxylic acids is 1. The molecule has 0 unspecified atom stereocenters. The van der Waals surface area contributed by atoms with Gasteiger partial charge in [-0.15, -0.1) is 11.3 Å². The Morgan fingerprint density at radius 3 is 1.86 bits per heavy atom. The Hall–Kier alpha value is -1.67. The predicted octanol–water partition coefficient (Wildman–Crippen LogP) is 10.4. The molecule has 2 N–H and O–H groups in total. The lowest BCUT2D eigenvalue weighted by molar-refractivity contribution is -0.137. The highest BCUT2D eigenvalue weighted by Crippen LogP contribution is 2.29. The molecule has 0 spiro atoms. The van der Waals surface area contributed by atoms with Crippen molar-refractivity contribution >= 4 is 29.5 Å². The van der Waals surface area contributed by atoms with Gasteiger partial charge in [-0.05, 0) is 61.9 Å². The number of halogens is 3. The minimum Gasteiger partial charge on any atom is -0.481 e. The molecule has 3 nitrogen and oxygen atoms in total. The average Bonchev–Trinajstić information content (AvgIpc) is 3.21. The molecule has 8 heteroatoms. The van der Waals surface area contributed by atoms with Crippen LogP contribution in [0.1, 0.15) is 113 Å². The summed E-state index contributed by atoms with van der Waals surface area (Å²) in [6.07, 6.45) is 11.3. The lowest BCUT2D eigenvalue weighted by Gasteiger charge is -2.07. The van der Waals surface area contributed by atoms with Gasteiger partial charge in [-0.1, -0.05) is 88.5 Å². The number of benzene rings is 1. The molecule has 0 bridgehead atoms. The second-order valence-corrected chi connectivity index (χ2v) is 11.7. The van der Waals surface area contributed by atoms with Crippen molar-refractivity contribution in [1.82, 2.24) is 4.98 Å². The smallest absolute Gasteiger partial charge is 0.389 e. The largest absolute Gasteiger partial charge is 0.481 e. The first-order valence-electron chi connectivity index (χ1n) is 13.8. The third-order valence-corrected chi connectivity index (χ3v) is 7.98. The summed E-state index contributed by atoms with van der Waals surface area (Å²) in [5, 5.41) is 8.68. The van der Waals surface area contributed by atoms with Gasteiger partial charge in [0, 0.05) is 17.7 Å². The van der Waals surface area contributed by atoms with Gasteiger partial charge in [0.25, 0.3) is 0 Å². The quantitative estimate of drug-likeness (QED) is 0.126. The fourth-order valence-corrected chi connectivity index (χ4v) is 5.89. The number of nitrogens with one attached hydrogen (secondary N) is 1. The lowest BCUT2D eigenvalue weighted by Crippen LogP contribution is -2.06. The molecule has 208 valence electrons. The fourth-order valence-electron chi connectivity index (χ4n) is 4.59. The maximum absolute atomic E-state index is 12.1. The Labute approximate surface area is 228 Å². The highest BCUT2D eigenvalue weighted by atomic mass is 32.1. The minimum absolute atomic E-state index is 0.254. The molecule has 0 fully saturated rings. The normalized spacial score (nSPS) is 11.8. The van der Waals surface area contributed by atoms with Crippen LogP contribution in [0.5, 0.6) is 0 Å². The fraction of sp³-hybridized carbons (Fsp3) is 0.655. The third-order valence-electron chi connectivity index (χ3n) is 6.68. The predicted molar refractivity (Wildman–Crippen MR) is 150 cm³/mol. The number of H-pyrrole nitrogens is 1. The first-order chi connectivity index (χ1) is 17.7. The summed E-state index contributed by atoms with van der Waals surface area (Å²) in [5.41, 5.74) is 3.62. The maximum Gasteiger partial charge on any atom is 0.389 e. The van der Waals surface area contributed by atoms with Crippen LogP contribution in [0.15, 0.2) is 24.3 Å². The molecule has 0 aliphatic rings. The summed E-state index contributed by atoms with van der Waals surface area (Å²) >= 11 is 7.09. The molecule has 0 aliphatic carbocycles. The van der Waals surface area contributed by atoms with Gasteiger partial charge in [-0.2, -0.15) is 13.2 Å². The summed E-state index contributed by atoms with van der Waals surface area (Å²) in [4.78, 5) is 15.2. The summed E-state index contributed by atoms with van der Waals surface area (Å²) in [6, 6.07) is 8.72. The molecule has 1 aromatic carbocycles. The molecule has 37 heavy (non-hydrogen) atoms. The van der Waals surface area contributed by atoms with Gasteiger partial charge in [-0.25, -0.2) is 0 Å². The molecule has 0 saturated carbocycles. The highest BCUT2D eigenvalue weighted by molar-refractivity contribution is 7.73. The molecule has 1 heterocycles. The standard InChI is InChI=1S/C29H42F3NO2S2/c30-29(31,32)22-14-10-6-2-3-7-11-15-23-18-20-24(21-19-23)27-25(37-28(36)33-27)16-12-8-4-1-5-9-13-17-26(34)35/h18-21H,1-17,22H2,(H,33,36)(H,34,35). The number of rotatable bonds is 20. The number of hydrogen-bond acceptors (Lipinski definition) is 3. The van der Waals surface area contributed by atoms with Crippen LogP contribution in [-0.4, -0.2) is 22.2 Å². The first-order valence-corrected chi connectivity index (χ1v) is 15.1. The van der Waals surface area contributed by atoms with Crippen LogP contribution in [0.4, 0.5) is 13.2 Å². The van der Waals surface area contributed by atoms with Crippen LogP contribution in [0.2, 0.25) is 0 Å². The van der Waals surface area contributed by atoms with Gasteiger partial charge in [-0.3, -0.25) is 4.79 Å². The van der Waals surface area contributed by atoms with E-state index in [-0.39, 0.29) is 12.8 Å². The number of aromatic amines is 1. The number of aryl methyl sites for hydroxylation is 2. The van der Waals surface area contributed by atoms with E-state index in [0.717, 1.165) is 80.3 Å². The van der Waals surface area contributed by atoms with E-state index in [2.05, 4.69) is 29.2 Å². The van der Waals surface area contributed by atoms with Gasteiger partial charge >= 0.3 is 12.1 Å². The van der Waals surface area contributed by atoms with E-state index in [1.165, 1.54) is 35.3 Å². The van der Waals surface area contributed by atoms with Gasteiger partial charge < -0.3 is 10.1 Å². The van der Waals surface area contributed by atoms with Crippen LogP contribution in [0.25, 0.3) is 11.3 Å². The molecule has 0 saturated heterocycles. The Balaban J connectivity index is 1.63. The summed E-state index contributed by atoms with van der Waals surface area (Å²) in [5.74, 6) is -0.703. The van der Waals surface area contributed by atoms with E-state index in [1.807, 2.05) is 0 Å². The summed E-state index contributed by atoms with van der Waals surface area (Å²) < 4.78 is 37.3. The molecule has 0 amide bonds. The Bertz CT molecular complexity index is 951. The van der Waals surface area contributed by atoms with Crippen molar-refractivity contribution in [2.24, 2.45) is 0 Å². The molecule has 2 rings (SSSR count). The first kappa shape index (κ1) is 31.5. The van der Waals surface area contributed by atoms with Crippen molar-refractivity contribution in [3.05, 3.63) is 38.7 Å². The van der Waals surface area contributed by atoms with Crippen LogP contribution < -0.4 is 0 Å². The number of carboxylic acid groups (broad SMARTS) is 1. The van der Waals surface area contributed by atoms with Gasteiger partial charge in [0.1, 0.15) is 0 Å². The minimum atomic E-state index is -4.01. The van der Waals surface area contributed by atoms with Crippen LogP contribution in [0.3, 0.4) is 0 Å². The highest BCUT2D eigenvalue weighted by Gasteiger charge is 2.25. The zero-order valence-corrected chi connectivity index (χ0v) is 23.5. The van der Waals surface area contributed by atoms with E-state index in [4.69, 9.17) is 17.3 Å².